The topological polar surface area (TPSA) is 64.0 Å². The molecule has 3 rings (SSSR count). The third-order valence-corrected chi connectivity index (χ3v) is 4.51. The Hall–Kier alpha value is -2.43. The number of Topliss-reactive ketones (excluding diaryl/α,β-unsaturated/α-hetero) is 1. The Kier molecular flexibility index (Phi) is 4.27. The van der Waals surface area contributed by atoms with Gasteiger partial charge in [0.2, 0.25) is 0 Å². The fourth-order valence-electron chi connectivity index (χ4n) is 3.45. The Morgan fingerprint density at radius 1 is 1.20 bits per heavy atom. The molecule has 0 spiro atoms. The van der Waals surface area contributed by atoms with Crippen LogP contribution in [0, 0.1) is 12.3 Å². The largest absolute Gasteiger partial charge is 0.350 e. The van der Waals surface area contributed by atoms with E-state index in [2.05, 4.69) is 24.3 Å². The molecule has 1 aliphatic carbocycles. The average Bonchev–Trinajstić information content (AvgIpc) is 2.82. The molecule has 1 aliphatic rings. The van der Waals surface area contributed by atoms with Crippen LogP contribution in [-0.2, 0) is 6.42 Å². The van der Waals surface area contributed by atoms with Crippen molar-refractivity contribution in [3.05, 3.63) is 46.8 Å². The third kappa shape index (κ3) is 3.36. The molecule has 5 nitrogen and oxygen atoms in total. The lowest BCUT2D eigenvalue weighted by molar-refractivity contribution is 0.0908. The number of fused-ring (bicyclic) bond motifs is 1. The first kappa shape index (κ1) is 17.4. The van der Waals surface area contributed by atoms with Crippen LogP contribution in [0.3, 0.4) is 0 Å². The summed E-state index contributed by atoms with van der Waals surface area (Å²) in [5.74, 6) is 0.0828. The summed E-state index contributed by atoms with van der Waals surface area (Å²) in [7, 11) is 0. The summed E-state index contributed by atoms with van der Waals surface area (Å²) in [6.07, 6.45) is 1.37. The van der Waals surface area contributed by atoms with E-state index in [1.165, 1.54) is 0 Å². The molecule has 0 radical (unpaired) electrons. The number of carbonyl (C=O) groups excluding carboxylic acids is 2. The van der Waals surface area contributed by atoms with Gasteiger partial charge in [-0.1, -0.05) is 13.8 Å². The van der Waals surface area contributed by atoms with Gasteiger partial charge in [0.05, 0.1) is 22.6 Å². The number of aryl methyl sites for hydroxylation is 1. The van der Waals surface area contributed by atoms with Gasteiger partial charge in [-0.3, -0.25) is 9.59 Å². The molecule has 1 N–H and O–H groups in total. The highest BCUT2D eigenvalue weighted by molar-refractivity contribution is 6.00. The van der Waals surface area contributed by atoms with Crippen LogP contribution < -0.4 is 5.32 Å². The van der Waals surface area contributed by atoms with Crippen LogP contribution in [0.2, 0.25) is 0 Å². The standard InChI is InChI=1S/C20H25N3O2/c1-12(2)21-19(25)14-6-8-15(9-7-14)23-16-10-20(4,5)11-17(24)18(16)13(3)22-23/h6-9,12H,10-11H2,1-5H3,(H,21,25). The minimum absolute atomic E-state index is 0.0641. The van der Waals surface area contributed by atoms with E-state index in [1.807, 2.05) is 37.6 Å². The van der Waals surface area contributed by atoms with Crippen molar-refractivity contribution in [2.45, 2.75) is 53.5 Å². The second kappa shape index (κ2) is 6.14. The molecule has 5 heteroatoms. The lowest BCUT2D eigenvalue weighted by Crippen LogP contribution is -2.30. The molecule has 0 fully saturated rings. The summed E-state index contributed by atoms with van der Waals surface area (Å²) in [5, 5.41) is 7.48. The van der Waals surface area contributed by atoms with E-state index in [1.54, 1.807) is 12.1 Å². The summed E-state index contributed by atoms with van der Waals surface area (Å²) in [5.41, 5.74) is 3.93. The first-order valence-corrected chi connectivity index (χ1v) is 8.71. The van der Waals surface area contributed by atoms with E-state index < -0.39 is 0 Å². The van der Waals surface area contributed by atoms with Crippen molar-refractivity contribution < 1.29 is 9.59 Å². The maximum Gasteiger partial charge on any atom is 0.251 e. The molecule has 0 saturated carbocycles. The summed E-state index contributed by atoms with van der Waals surface area (Å²) in [6, 6.07) is 7.46. The SMILES string of the molecule is Cc1nn(-c2ccc(C(=O)NC(C)C)cc2)c2c1C(=O)CC(C)(C)C2. The lowest BCUT2D eigenvalue weighted by atomic mass is 9.75. The maximum absolute atomic E-state index is 12.5. The number of carbonyl (C=O) groups is 2. The zero-order chi connectivity index (χ0) is 18.4. The molecule has 1 amide bonds. The second-order valence-corrected chi connectivity index (χ2v) is 7.93. The first-order chi connectivity index (χ1) is 11.7. The molecule has 132 valence electrons. The van der Waals surface area contributed by atoms with Crippen molar-refractivity contribution in [3.8, 4) is 5.69 Å². The molecule has 0 aliphatic heterocycles. The minimum atomic E-state index is -0.0865. The number of nitrogens with one attached hydrogen (secondary N) is 1. The van der Waals surface area contributed by atoms with Crippen LogP contribution in [0.1, 0.15) is 66.2 Å². The molecular weight excluding hydrogens is 314 g/mol. The van der Waals surface area contributed by atoms with Gasteiger partial charge >= 0.3 is 0 Å². The van der Waals surface area contributed by atoms with Gasteiger partial charge in [0.15, 0.2) is 5.78 Å². The summed E-state index contributed by atoms with van der Waals surface area (Å²) in [4.78, 5) is 24.6. The van der Waals surface area contributed by atoms with Crippen LogP contribution in [0.4, 0.5) is 0 Å². The van der Waals surface area contributed by atoms with E-state index in [0.717, 1.165) is 29.1 Å². The van der Waals surface area contributed by atoms with Gasteiger partial charge in [0.25, 0.3) is 5.91 Å². The smallest absolute Gasteiger partial charge is 0.251 e. The minimum Gasteiger partial charge on any atom is -0.350 e. The van der Waals surface area contributed by atoms with Gasteiger partial charge in [-0.25, -0.2) is 4.68 Å². The highest BCUT2D eigenvalue weighted by Crippen LogP contribution is 2.36. The number of hydrogen-bond donors (Lipinski definition) is 1. The molecule has 0 bridgehead atoms. The Morgan fingerprint density at radius 3 is 2.44 bits per heavy atom. The fourth-order valence-corrected chi connectivity index (χ4v) is 3.45. The molecule has 2 aromatic rings. The summed E-state index contributed by atoms with van der Waals surface area (Å²) < 4.78 is 1.85. The van der Waals surface area contributed by atoms with Crippen molar-refractivity contribution >= 4 is 11.7 Å². The van der Waals surface area contributed by atoms with Gasteiger partial charge in [-0.2, -0.15) is 5.10 Å². The Bertz CT molecular complexity index is 829. The predicted octanol–water partition coefficient (Wildman–Crippen LogP) is 3.47. The van der Waals surface area contributed by atoms with Gasteiger partial charge in [0.1, 0.15) is 0 Å². The number of benzene rings is 1. The van der Waals surface area contributed by atoms with E-state index >= 15 is 0 Å². The van der Waals surface area contributed by atoms with Crippen molar-refractivity contribution in [2.75, 3.05) is 0 Å². The normalized spacial score (nSPS) is 16.0. The van der Waals surface area contributed by atoms with Crippen molar-refractivity contribution in [3.63, 3.8) is 0 Å². The summed E-state index contributed by atoms with van der Waals surface area (Å²) >= 11 is 0. The predicted molar refractivity (Wildman–Crippen MR) is 97.3 cm³/mol. The lowest BCUT2D eigenvalue weighted by Gasteiger charge is -2.29. The number of nitrogens with zero attached hydrogens (tertiary/aromatic N) is 2. The van der Waals surface area contributed by atoms with Gasteiger partial charge in [-0.15, -0.1) is 0 Å². The molecule has 1 aromatic carbocycles. The van der Waals surface area contributed by atoms with Crippen LogP contribution in [-0.4, -0.2) is 27.5 Å². The van der Waals surface area contributed by atoms with Crippen LogP contribution >= 0.6 is 0 Å². The summed E-state index contributed by atoms with van der Waals surface area (Å²) in [6.45, 7) is 9.98. The number of aromatic nitrogens is 2. The van der Waals surface area contributed by atoms with Gasteiger partial charge in [-0.05, 0) is 56.9 Å². The molecule has 0 saturated heterocycles. The molecule has 1 aromatic heterocycles. The number of ketones is 1. The van der Waals surface area contributed by atoms with Crippen molar-refractivity contribution in [1.29, 1.82) is 0 Å². The zero-order valence-corrected chi connectivity index (χ0v) is 15.5. The highest BCUT2D eigenvalue weighted by atomic mass is 16.1. The first-order valence-electron chi connectivity index (χ1n) is 8.71. The molecular formula is C20H25N3O2. The van der Waals surface area contributed by atoms with E-state index in [-0.39, 0.29) is 23.1 Å². The molecule has 0 unspecified atom stereocenters. The third-order valence-electron chi connectivity index (χ3n) is 4.51. The van der Waals surface area contributed by atoms with Gasteiger partial charge < -0.3 is 5.32 Å². The Balaban J connectivity index is 1.97. The quantitative estimate of drug-likeness (QED) is 0.931. The maximum atomic E-state index is 12.5. The van der Waals surface area contributed by atoms with E-state index in [0.29, 0.717) is 12.0 Å². The molecule has 0 atom stereocenters. The average molecular weight is 339 g/mol. The van der Waals surface area contributed by atoms with Crippen LogP contribution in [0.25, 0.3) is 5.69 Å². The molecule has 1 heterocycles. The van der Waals surface area contributed by atoms with Crippen molar-refractivity contribution in [1.82, 2.24) is 15.1 Å². The fraction of sp³-hybridized carbons (Fsp3) is 0.450. The number of hydrogen-bond acceptors (Lipinski definition) is 3. The second-order valence-electron chi connectivity index (χ2n) is 7.93. The van der Waals surface area contributed by atoms with E-state index in [9.17, 15) is 9.59 Å². The zero-order valence-electron chi connectivity index (χ0n) is 15.5. The Morgan fingerprint density at radius 2 is 1.84 bits per heavy atom. The van der Waals surface area contributed by atoms with Crippen LogP contribution in [0.15, 0.2) is 24.3 Å². The van der Waals surface area contributed by atoms with Gasteiger partial charge in [0, 0.05) is 18.0 Å². The highest BCUT2D eigenvalue weighted by Gasteiger charge is 2.35. The number of amides is 1. The monoisotopic (exact) mass is 339 g/mol. The van der Waals surface area contributed by atoms with Crippen LogP contribution in [0.5, 0.6) is 0 Å². The Labute approximate surface area is 148 Å². The van der Waals surface area contributed by atoms with E-state index in [4.69, 9.17) is 0 Å². The molecule has 25 heavy (non-hydrogen) atoms. The van der Waals surface area contributed by atoms with Crippen molar-refractivity contribution in [2.24, 2.45) is 5.41 Å². The number of rotatable bonds is 3.